The van der Waals surface area contributed by atoms with Crippen molar-refractivity contribution in [2.45, 2.75) is 86.5 Å². The molecule has 0 aliphatic rings. The van der Waals surface area contributed by atoms with Crippen LogP contribution in [0.5, 0.6) is 11.5 Å². The number of nitrogens with zero attached hydrogens (tertiary/aromatic N) is 3. The minimum atomic E-state index is -0.380. The van der Waals surface area contributed by atoms with Gasteiger partial charge in [-0.05, 0) is 126 Å². The molecule has 0 bridgehead atoms. The fraction of sp³-hybridized carbons (Fsp3) is 0.255. The lowest BCUT2D eigenvalue weighted by molar-refractivity contribution is 0.112. The largest absolute Gasteiger partial charge is 0.508 e. The third-order valence-corrected chi connectivity index (χ3v) is 12.1. The first-order chi connectivity index (χ1) is 28.3. The number of aryl methyl sites for hydroxylation is 5. The van der Waals surface area contributed by atoms with Crippen LogP contribution in [0.15, 0.2) is 91.0 Å². The molecule has 3 aromatic heterocycles. The van der Waals surface area contributed by atoms with Gasteiger partial charge in [0.15, 0.2) is 6.29 Å². The first-order valence-electron chi connectivity index (χ1n) is 20.4. The molecule has 8 nitrogen and oxygen atoms in total. The first-order valence-corrected chi connectivity index (χ1v) is 20.4. The Morgan fingerprint density at radius 2 is 1.05 bits per heavy atom. The predicted molar refractivity (Wildman–Crippen MR) is 241 cm³/mol. The summed E-state index contributed by atoms with van der Waals surface area (Å²) in [6.45, 7) is 18.4. The molecule has 0 aliphatic carbocycles. The third-order valence-electron chi connectivity index (χ3n) is 12.1. The number of carbonyl (C=O) groups is 1. The highest BCUT2D eigenvalue weighted by Crippen LogP contribution is 2.46. The second-order valence-corrected chi connectivity index (χ2v) is 16.3. The zero-order valence-corrected chi connectivity index (χ0v) is 35.2. The molecule has 0 amide bonds. The number of pyridine rings is 3. The van der Waals surface area contributed by atoms with Crippen molar-refractivity contribution in [3.63, 3.8) is 0 Å². The minimum absolute atomic E-state index is 0.0978. The van der Waals surface area contributed by atoms with Crippen molar-refractivity contribution in [2.24, 2.45) is 0 Å². The van der Waals surface area contributed by atoms with Crippen LogP contribution in [0, 0.1) is 34.6 Å². The van der Waals surface area contributed by atoms with E-state index in [1.165, 1.54) is 0 Å². The van der Waals surface area contributed by atoms with E-state index in [1.807, 2.05) is 83.1 Å². The molecule has 0 saturated carbocycles. The van der Waals surface area contributed by atoms with Crippen LogP contribution in [-0.4, -0.2) is 31.5 Å². The van der Waals surface area contributed by atoms with Gasteiger partial charge in [-0.1, -0.05) is 60.7 Å². The standard InChI is InChI=1S/C51H51N5O3/c1-26-14-18-38(47-36(26)20-16-29(4)52-47)31(6)54-33(8)44-43(58)23-22-41-46(40-13-11-10-12-35(40)25-57)42-24-28(3)51(59)45(50(42)56-49(41)44)34(9)55-32(7)39-19-15-27(2)37-21-17-30(5)53-48(37)39/h10-25,31-34,54-55,58-59H,1-9H3. The minimum Gasteiger partial charge on any atom is -0.508 e. The first kappa shape index (κ1) is 39.6. The van der Waals surface area contributed by atoms with Gasteiger partial charge in [0, 0.05) is 79.4 Å². The average molecular weight is 782 g/mol. The van der Waals surface area contributed by atoms with Crippen LogP contribution in [0.2, 0.25) is 0 Å². The Morgan fingerprint density at radius 3 is 1.63 bits per heavy atom. The maximum absolute atomic E-state index is 12.7. The molecule has 8 heteroatoms. The van der Waals surface area contributed by atoms with E-state index in [0.717, 1.165) is 83.6 Å². The molecule has 3 heterocycles. The summed E-state index contributed by atoms with van der Waals surface area (Å²) in [5, 5.41) is 35.1. The molecule has 0 saturated heterocycles. The van der Waals surface area contributed by atoms with E-state index < -0.39 is 0 Å². The molecule has 5 aromatic carbocycles. The highest BCUT2D eigenvalue weighted by atomic mass is 16.3. The van der Waals surface area contributed by atoms with Gasteiger partial charge in [0.1, 0.15) is 11.5 Å². The number of phenols is 2. The Hall–Kier alpha value is -6.22. The van der Waals surface area contributed by atoms with Gasteiger partial charge < -0.3 is 20.8 Å². The normalized spacial score (nSPS) is 13.9. The van der Waals surface area contributed by atoms with E-state index in [9.17, 15) is 15.0 Å². The third kappa shape index (κ3) is 6.96. The lowest BCUT2D eigenvalue weighted by Gasteiger charge is -2.26. The van der Waals surface area contributed by atoms with Crippen LogP contribution in [-0.2, 0) is 0 Å². The molecule has 0 aliphatic heterocycles. The van der Waals surface area contributed by atoms with Crippen LogP contribution in [0.3, 0.4) is 0 Å². The molecule has 59 heavy (non-hydrogen) atoms. The van der Waals surface area contributed by atoms with Gasteiger partial charge in [-0.15, -0.1) is 0 Å². The molecule has 8 aromatic rings. The van der Waals surface area contributed by atoms with Gasteiger partial charge >= 0.3 is 0 Å². The average Bonchev–Trinajstić information content (AvgIpc) is 3.20. The number of benzene rings is 5. The number of hydrogen-bond donors (Lipinski definition) is 4. The highest BCUT2D eigenvalue weighted by molar-refractivity contribution is 6.14. The van der Waals surface area contributed by atoms with Crippen molar-refractivity contribution >= 4 is 49.9 Å². The summed E-state index contributed by atoms with van der Waals surface area (Å²) >= 11 is 0. The lowest BCUT2D eigenvalue weighted by Crippen LogP contribution is -2.24. The Labute approximate surface area is 345 Å². The molecule has 4 N–H and O–H groups in total. The lowest BCUT2D eigenvalue weighted by atomic mass is 9.87. The number of carbonyl (C=O) groups excluding carboxylic acids is 1. The predicted octanol–water partition coefficient (Wildman–Crippen LogP) is 11.7. The van der Waals surface area contributed by atoms with Crippen LogP contribution in [0.1, 0.15) is 113 Å². The van der Waals surface area contributed by atoms with Gasteiger partial charge in [0.2, 0.25) is 0 Å². The zero-order chi connectivity index (χ0) is 41.9. The SMILES string of the molecule is Cc1ccc2c(C)ccc(C(C)NC(C)c3c(O)ccc4c(-c5ccccc5C=O)c5cc(C)c(O)c(C(C)NC(C)c6ccc(C)c7ccc(C)nc67)c5nc34)c2n1. The Kier molecular flexibility index (Phi) is 10.4. The highest BCUT2D eigenvalue weighted by Gasteiger charge is 2.27. The van der Waals surface area contributed by atoms with Crippen molar-refractivity contribution in [1.29, 1.82) is 0 Å². The summed E-state index contributed by atoms with van der Waals surface area (Å²) in [6.07, 6.45) is 0.879. The maximum Gasteiger partial charge on any atom is 0.150 e. The molecule has 0 fully saturated rings. The Morgan fingerprint density at radius 1 is 0.525 bits per heavy atom. The Bertz CT molecular complexity index is 2980. The molecule has 298 valence electrons. The van der Waals surface area contributed by atoms with Gasteiger partial charge in [-0.25, -0.2) is 4.98 Å². The van der Waals surface area contributed by atoms with E-state index in [-0.39, 0.29) is 35.7 Å². The van der Waals surface area contributed by atoms with E-state index >= 15 is 0 Å². The number of phenolic OH excluding ortho intramolecular Hbond substituents is 2. The van der Waals surface area contributed by atoms with Crippen molar-refractivity contribution < 1.29 is 15.0 Å². The Balaban J connectivity index is 1.32. The van der Waals surface area contributed by atoms with Gasteiger partial charge in [-0.2, -0.15) is 0 Å². The quantitative estimate of drug-likeness (QED) is 0.0800. The summed E-state index contributed by atoms with van der Waals surface area (Å²) < 4.78 is 0. The summed E-state index contributed by atoms with van der Waals surface area (Å²) in [6, 6.07) is 28.9. The van der Waals surface area contributed by atoms with Crippen molar-refractivity contribution in [3.05, 3.63) is 147 Å². The summed E-state index contributed by atoms with van der Waals surface area (Å²) in [5.41, 5.74) is 13.4. The number of aromatic hydroxyl groups is 2. The van der Waals surface area contributed by atoms with Crippen LogP contribution in [0.4, 0.5) is 0 Å². The number of aldehydes is 1. The molecular formula is C51H51N5O3. The zero-order valence-electron chi connectivity index (χ0n) is 35.2. The van der Waals surface area contributed by atoms with E-state index in [2.05, 4.69) is 74.7 Å². The van der Waals surface area contributed by atoms with Crippen molar-refractivity contribution in [2.75, 3.05) is 0 Å². The molecule has 8 rings (SSSR count). The monoisotopic (exact) mass is 781 g/mol. The molecule has 4 unspecified atom stereocenters. The van der Waals surface area contributed by atoms with E-state index in [0.29, 0.717) is 33.3 Å². The number of aromatic nitrogens is 3. The van der Waals surface area contributed by atoms with Gasteiger partial charge in [0.25, 0.3) is 0 Å². The fourth-order valence-corrected chi connectivity index (χ4v) is 9.02. The van der Waals surface area contributed by atoms with Gasteiger partial charge in [-0.3, -0.25) is 14.8 Å². The van der Waals surface area contributed by atoms with Crippen LogP contribution < -0.4 is 10.6 Å². The van der Waals surface area contributed by atoms with Gasteiger partial charge in [0.05, 0.1) is 22.1 Å². The summed E-state index contributed by atoms with van der Waals surface area (Å²) in [7, 11) is 0. The number of rotatable bonds is 10. The number of nitrogens with one attached hydrogen (secondary N) is 2. The van der Waals surface area contributed by atoms with Crippen molar-refractivity contribution in [1.82, 2.24) is 25.6 Å². The van der Waals surface area contributed by atoms with Crippen LogP contribution >= 0.6 is 0 Å². The number of fused-ring (bicyclic) bond motifs is 4. The van der Waals surface area contributed by atoms with E-state index in [1.54, 1.807) is 6.07 Å². The second kappa shape index (κ2) is 15.5. The smallest absolute Gasteiger partial charge is 0.150 e. The maximum atomic E-state index is 12.7. The van der Waals surface area contributed by atoms with Crippen molar-refractivity contribution in [3.8, 4) is 22.6 Å². The molecule has 4 atom stereocenters. The van der Waals surface area contributed by atoms with Crippen LogP contribution in [0.25, 0.3) is 54.7 Å². The second-order valence-electron chi connectivity index (χ2n) is 16.3. The molecule has 0 spiro atoms. The number of hydrogen-bond acceptors (Lipinski definition) is 8. The summed E-state index contributed by atoms with van der Waals surface area (Å²) in [4.78, 5) is 28.0. The molecular weight excluding hydrogens is 731 g/mol. The van der Waals surface area contributed by atoms with E-state index in [4.69, 9.17) is 15.0 Å². The summed E-state index contributed by atoms with van der Waals surface area (Å²) in [5.74, 6) is 0.241. The fourth-order valence-electron chi connectivity index (χ4n) is 9.02. The molecule has 0 radical (unpaired) electrons. The topological polar surface area (TPSA) is 120 Å².